The van der Waals surface area contributed by atoms with E-state index in [0.29, 0.717) is 5.69 Å². The maximum absolute atomic E-state index is 12.3. The zero-order valence-electron chi connectivity index (χ0n) is 14.0. The quantitative estimate of drug-likeness (QED) is 0.385. The van der Waals surface area contributed by atoms with Gasteiger partial charge in [0.25, 0.3) is 5.69 Å². The van der Waals surface area contributed by atoms with Crippen LogP contribution in [0.25, 0.3) is 10.8 Å². The largest absolute Gasteiger partial charge is 0.366 e. The van der Waals surface area contributed by atoms with Crippen LogP contribution in [0.1, 0.15) is 10.4 Å². The van der Waals surface area contributed by atoms with Gasteiger partial charge in [-0.2, -0.15) is 0 Å². The lowest BCUT2D eigenvalue weighted by atomic mass is 10.1. The topological polar surface area (TPSA) is 115 Å². The smallest absolute Gasteiger partial charge is 0.283 e. The molecule has 0 saturated heterocycles. The van der Waals surface area contributed by atoms with E-state index in [4.69, 9.17) is 5.73 Å². The van der Waals surface area contributed by atoms with E-state index in [1.165, 1.54) is 12.1 Å². The van der Waals surface area contributed by atoms with Gasteiger partial charge in [-0.15, -0.1) is 11.8 Å². The Balaban J connectivity index is 1.74. The summed E-state index contributed by atoms with van der Waals surface area (Å²) in [6.45, 7) is 0. The Bertz CT molecular complexity index is 1050. The van der Waals surface area contributed by atoms with Gasteiger partial charge < -0.3 is 11.1 Å². The van der Waals surface area contributed by atoms with Crippen LogP contribution < -0.4 is 11.1 Å². The fourth-order valence-electron chi connectivity index (χ4n) is 2.60. The fourth-order valence-corrected chi connectivity index (χ4v) is 3.40. The Labute approximate surface area is 158 Å². The van der Waals surface area contributed by atoms with E-state index in [1.807, 2.05) is 36.4 Å². The average Bonchev–Trinajstić information content (AvgIpc) is 2.66. The third-order valence-corrected chi connectivity index (χ3v) is 4.93. The number of rotatable bonds is 6. The summed E-state index contributed by atoms with van der Waals surface area (Å²) in [6, 6.07) is 17.2. The number of nitrogens with two attached hydrogens (primary N) is 1. The average molecular weight is 381 g/mol. The molecule has 0 spiro atoms. The number of anilines is 1. The van der Waals surface area contributed by atoms with Gasteiger partial charge in [-0.3, -0.25) is 19.7 Å². The van der Waals surface area contributed by atoms with E-state index in [2.05, 4.69) is 5.32 Å². The first-order chi connectivity index (χ1) is 13.0. The Kier molecular flexibility index (Phi) is 5.37. The van der Waals surface area contributed by atoms with Gasteiger partial charge in [0.15, 0.2) is 0 Å². The summed E-state index contributed by atoms with van der Waals surface area (Å²) in [4.78, 5) is 34.4. The number of nitro groups is 1. The molecule has 0 saturated carbocycles. The molecule has 0 bridgehead atoms. The van der Waals surface area contributed by atoms with Crippen molar-refractivity contribution in [3.05, 3.63) is 76.3 Å². The number of nitrogens with zero attached hydrogens (tertiary/aromatic N) is 1. The standard InChI is InChI=1S/C19H15N3O4S/c20-19(24)13-8-9-17(16(10-13)22(25)26)27-11-18(23)21-15-7-3-5-12-4-1-2-6-14(12)15/h1-10H,11H2,(H2,20,24)(H,21,23). The number of carbonyl (C=O) groups excluding carboxylic acids is 2. The summed E-state index contributed by atoms with van der Waals surface area (Å²) in [5, 5.41) is 16.0. The lowest BCUT2D eigenvalue weighted by Crippen LogP contribution is -2.14. The van der Waals surface area contributed by atoms with Crippen molar-refractivity contribution in [1.82, 2.24) is 0 Å². The van der Waals surface area contributed by atoms with Crippen LogP contribution in [0.4, 0.5) is 11.4 Å². The summed E-state index contributed by atoms with van der Waals surface area (Å²) in [7, 11) is 0. The second kappa shape index (κ2) is 7.88. The number of primary amides is 1. The van der Waals surface area contributed by atoms with Gasteiger partial charge in [0.05, 0.1) is 15.6 Å². The van der Waals surface area contributed by atoms with Crippen LogP contribution in [-0.4, -0.2) is 22.5 Å². The number of fused-ring (bicyclic) bond motifs is 1. The zero-order valence-corrected chi connectivity index (χ0v) is 14.9. The molecule has 0 aromatic heterocycles. The molecule has 0 heterocycles. The number of nitro benzene ring substituents is 1. The number of hydrogen-bond acceptors (Lipinski definition) is 5. The number of hydrogen-bond donors (Lipinski definition) is 2. The van der Waals surface area contributed by atoms with E-state index in [0.717, 1.165) is 28.6 Å². The highest BCUT2D eigenvalue weighted by molar-refractivity contribution is 8.00. The van der Waals surface area contributed by atoms with Crippen molar-refractivity contribution in [2.75, 3.05) is 11.1 Å². The van der Waals surface area contributed by atoms with Crippen LogP contribution >= 0.6 is 11.8 Å². The van der Waals surface area contributed by atoms with Gasteiger partial charge in [-0.05, 0) is 23.6 Å². The van der Waals surface area contributed by atoms with Crippen molar-refractivity contribution in [1.29, 1.82) is 0 Å². The van der Waals surface area contributed by atoms with Gasteiger partial charge in [-0.25, -0.2) is 0 Å². The summed E-state index contributed by atoms with van der Waals surface area (Å²) in [5.41, 5.74) is 5.62. The lowest BCUT2D eigenvalue weighted by molar-refractivity contribution is -0.387. The summed E-state index contributed by atoms with van der Waals surface area (Å²) >= 11 is 1.02. The van der Waals surface area contributed by atoms with Gasteiger partial charge >= 0.3 is 0 Å². The predicted molar refractivity (Wildman–Crippen MR) is 105 cm³/mol. The van der Waals surface area contributed by atoms with Crippen molar-refractivity contribution in [2.45, 2.75) is 4.90 Å². The van der Waals surface area contributed by atoms with Crippen molar-refractivity contribution in [2.24, 2.45) is 5.73 Å². The molecule has 3 aromatic rings. The molecule has 0 aliphatic rings. The molecule has 0 aliphatic heterocycles. The first-order valence-electron chi connectivity index (χ1n) is 7.94. The molecule has 3 rings (SSSR count). The van der Waals surface area contributed by atoms with Crippen molar-refractivity contribution in [3.8, 4) is 0 Å². The molecule has 0 atom stereocenters. The Morgan fingerprint density at radius 3 is 2.56 bits per heavy atom. The molecular formula is C19H15N3O4S. The molecule has 2 amide bonds. The minimum Gasteiger partial charge on any atom is -0.366 e. The number of benzene rings is 3. The monoisotopic (exact) mass is 381 g/mol. The number of carbonyl (C=O) groups is 2. The minimum absolute atomic E-state index is 0.0139. The maximum Gasteiger partial charge on any atom is 0.283 e. The normalized spacial score (nSPS) is 10.5. The number of thioether (sulfide) groups is 1. The Morgan fingerprint density at radius 1 is 1.07 bits per heavy atom. The summed E-state index contributed by atoms with van der Waals surface area (Å²) in [5.74, 6) is -1.05. The molecule has 0 fully saturated rings. The predicted octanol–water partition coefficient (Wildman–Crippen LogP) is 3.58. The van der Waals surface area contributed by atoms with Crippen LogP contribution in [0.3, 0.4) is 0 Å². The maximum atomic E-state index is 12.3. The van der Waals surface area contributed by atoms with Crippen LogP contribution in [0.2, 0.25) is 0 Å². The van der Waals surface area contributed by atoms with E-state index in [1.54, 1.807) is 6.07 Å². The van der Waals surface area contributed by atoms with Crippen molar-refractivity contribution < 1.29 is 14.5 Å². The SMILES string of the molecule is NC(=O)c1ccc(SCC(=O)Nc2cccc3ccccc23)c([N+](=O)[O-])c1. The highest BCUT2D eigenvalue weighted by Gasteiger charge is 2.18. The molecule has 27 heavy (non-hydrogen) atoms. The molecule has 7 nitrogen and oxygen atoms in total. The number of nitrogens with one attached hydrogen (secondary N) is 1. The van der Waals surface area contributed by atoms with E-state index in [-0.39, 0.29) is 27.8 Å². The lowest BCUT2D eigenvalue weighted by Gasteiger charge is -2.09. The van der Waals surface area contributed by atoms with Crippen molar-refractivity contribution in [3.63, 3.8) is 0 Å². The molecule has 8 heteroatoms. The van der Waals surface area contributed by atoms with E-state index >= 15 is 0 Å². The molecule has 3 N–H and O–H groups in total. The first kappa shape index (κ1) is 18.4. The molecular weight excluding hydrogens is 366 g/mol. The van der Waals surface area contributed by atoms with Crippen LogP contribution in [0, 0.1) is 10.1 Å². The molecule has 3 aromatic carbocycles. The Morgan fingerprint density at radius 2 is 1.81 bits per heavy atom. The molecule has 0 unspecified atom stereocenters. The third kappa shape index (κ3) is 4.24. The van der Waals surface area contributed by atoms with E-state index in [9.17, 15) is 19.7 Å². The van der Waals surface area contributed by atoms with Crippen molar-refractivity contribution >= 4 is 45.7 Å². The minimum atomic E-state index is -0.747. The highest BCUT2D eigenvalue weighted by atomic mass is 32.2. The molecule has 136 valence electrons. The van der Waals surface area contributed by atoms with Crippen LogP contribution in [-0.2, 0) is 4.79 Å². The van der Waals surface area contributed by atoms with Crippen LogP contribution in [0.5, 0.6) is 0 Å². The van der Waals surface area contributed by atoms with Crippen LogP contribution in [0.15, 0.2) is 65.6 Å². The summed E-state index contributed by atoms with van der Waals surface area (Å²) in [6.07, 6.45) is 0. The summed E-state index contributed by atoms with van der Waals surface area (Å²) < 4.78 is 0. The zero-order chi connectivity index (χ0) is 19.4. The Hall–Kier alpha value is -3.39. The number of amides is 2. The second-order valence-corrected chi connectivity index (χ2v) is 6.68. The van der Waals surface area contributed by atoms with Gasteiger partial charge in [0.1, 0.15) is 0 Å². The third-order valence-electron chi connectivity index (χ3n) is 3.86. The first-order valence-corrected chi connectivity index (χ1v) is 8.93. The fraction of sp³-hybridized carbons (Fsp3) is 0.0526. The highest BCUT2D eigenvalue weighted by Crippen LogP contribution is 2.30. The van der Waals surface area contributed by atoms with Gasteiger partial charge in [-0.1, -0.05) is 36.4 Å². The van der Waals surface area contributed by atoms with E-state index < -0.39 is 10.8 Å². The molecule has 0 aliphatic carbocycles. The van der Waals surface area contributed by atoms with Gasteiger partial charge in [0.2, 0.25) is 11.8 Å². The second-order valence-electron chi connectivity index (χ2n) is 5.67. The van der Waals surface area contributed by atoms with Gasteiger partial charge in [0, 0.05) is 22.7 Å². The molecule has 0 radical (unpaired) electrons.